The molecule has 0 radical (unpaired) electrons. The Morgan fingerprint density at radius 2 is 1.18 bits per heavy atom. The average molecular weight is 447 g/mol. The lowest BCUT2D eigenvalue weighted by Gasteiger charge is -2.15. The number of nitrogens with two attached hydrogens (primary N) is 1. The minimum Gasteiger partial charge on any atom is -0.493 e. The van der Waals surface area contributed by atoms with E-state index < -0.39 is 0 Å². The van der Waals surface area contributed by atoms with Crippen LogP contribution >= 0.6 is 0 Å². The largest absolute Gasteiger partial charge is 0.493 e. The molecular formula is C25H25N3O5. The molecule has 0 unspecified atom stereocenters. The number of fused-ring (bicyclic) bond motifs is 1. The van der Waals surface area contributed by atoms with Crippen LogP contribution < -0.4 is 29.4 Å². The smallest absolute Gasteiger partial charge is 0.221 e. The van der Waals surface area contributed by atoms with Crippen molar-refractivity contribution in [1.82, 2.24) is 9.97 Å². The summed E-state index contributed by atoms with van der Waals surface area (Å²) in [6, 6.07) is 15.3. The van der Waals surface area contributed by atoms with E-state index in [2.05, 4.69) is 9.97 Å². The third kappa shape index (κ3) is 4.03. The molecule has 0 atom stereocenters. The van der Waals surface area contributed by atoms with Crippen molar-refractivity contribution in [3.8, 4) is 51.1 Å². The van der Waals surface area contributed by atoms with E-state index >= 15 is 0 Å². The molecule has 33 heavy (non-hydrogen) atoms. The summed E-state index contributed by atoms with van der Waals surface area (Å²) in [6.07, 6.45) is 0. The number of hydrogen-bond donors (Lipinski definition) is 1. The van der Waals surface area contributed by atoms with E-state index in [1.807, 2.05) is 48.5 Å². The Balaban J connectivity index is 1.93. The first-order valence-electron chi connectivity index (χ1n) is 10.1. The molecule has 8 nitrogen and oxygen atoms in total. The molecule has 4 aromatic rings. The van der Waals surface area contributed by atoms with E-state index in [0.717, 1.165) is 27.6 Å². The maximum atomic E-state index is 6.02. The third-order valence-corrected chi connectivity index (χ3v) is 5.37. The Hall–Kier alpha value is -4.20. The maximum absolute atomic E-state index is 6.02. The van der Waals surface area contributed by atoms with E-state index in [1.165, 1.54) is 0 Å². The van der Waals surface area contributed by atoms with Gasteiger partial charge in [0, 0.05) is 10.9 Å². The number of hydrogen-bond acceptors (Lipinski definition) is 8. The molecule has 0 saturated heterocycles. The average Bonchev–Trinajstić information content (AvgIpc) is 2.86. The fraction of sp³-hybridized carbons (Fsp3) is 0.200. The highest BCUT2D eigenvalue weighted by molar-refractivity contribution is 5.96. The van der Waals surface area contributed by atoms with Crippen molar-refractivity contribution in [3.63, 3.8) is 0 Å². The minimum atomic E-state index is 0.188. The fourth-order valence-electron chi connectivity index (χ4n) is 3.78. The van der Waals surface area contributed by atoms with Gasteiger partial charge in [-0.3, -0.25) is 0 Å². The van der Waals surface area contributed by atoms with Crippen LogP contribution in [0.2, 0.25) is 0 Å². The van der Waals surface area contributed by atoms with Gasteiger partial charge < -0.3 is 29.4 Å². The standard InChI is InChI=1S/C25H25N3O5/c1-29-19-9-7-15(11-20(19)30-2)23-17-10-14(6-8-18(17)27-25(26)28-23)16-12-21(31-3)24(33-5)22(13-16)32-4/h6-13H,1-5H3,(H2,26,27,28). The summed E-state index contributed by atoms with van der Waals surface area (Å²) in [5.41, 5.74) is 10.1. The van der Waals surface area contributed by atoms with Crippen LogP contribution in [0.25, 0.3) is 33.3 Å². The van der Waals surface area contributed by atoms with Gasteiger partial charge in [-0.05, 0) is 53.6 Å². The van der Waals surface area contributed by atoms with E-state index in [4.69, 9.17) is 29.4 Å². The van der Waals surface area contributed by atoms with Gasteiger partial charge >= 0.3 is 0 Å². The predicted molar refractivity (Wildman–Crippen MR) is 128 cm³/mol. The number of methoxy groups -OCH3 is 5. The van der Waals surface area contributed by atoms with E-state index in [9.17, 15) is 0 Å². The van der Waals surface area contributed by atoms with Crippen LogP contribution in [0.3, 0.4) is 0 Å². The molecule has 0 aliphatic carbocycles. The lowest BCUT2D eigenvalue weighted by atomic mass is 9.99. The van der Waals surface area contributed by atoms with E-state index in [0.29, 0.717) is 34.4 Å². The second-order valence-electron chi connectivity index (χ2n) is 7.15. The fourth-order valence-corrected chi connectivity index (χ4v) is 3.78. The Morgan fingerprint density at radius 3 is 1.79 bits per heavy atom. The highest BCUT2D eigenvalue weighted by Gasteiger charge is 2.16. The van der Waals surface area contributed by atoms with Crippen molar-refractivity contribution in [1.29, 1.82) is 0 Å². The molecule has 3 aromatic carbocycles. The number of anilines is 1. The monoisotopic (exact) mass is 447 g/mol. The predicted octanol–water partition coefficient (Wildman–Crippen LogP) is 4.59. The summed E-state index contributed by atoms with van der Waals surface area (Å²) in [7, 11) is 7.95. The zero-order chi connectivity index (χ0) is 23.5. The molecule has 0 amide bonds. The van der Waals surface area contributed by atoms with Gasteiger partial charge in [0.2, 0.25) is 11.7 Å². The van der Waals surface area contributed by atoms with Gasteiger partial charge in [0.25, 0.3) is 0 Å². The van der Waals surface area contributed by atoms with Crippen molar-refractivity contribution in [3.05, 3.63) is 48.5 Å². The molecule has 2 N–H and O–H groups in total. The van der Waals surface area contributed by atoms with Crippen LogP contribution in [0.15, 0.2) is 48.5 Å². The van der Waals surface area contributed by atoms with Crippen molar-refractivity contribution >= 4 is 16.9 Å². The van der Waals surface area contributed by atoms with Gasteiger partial charge in [-0.15, -0.1) is 0 Å². The van der Waals surface area contributed by atoms with Gasteiger partial charge in [0.1, 0.15) is 0 Å². The quantitative estimate of drug-likeness (QED) is 0.439. The van der Waals surface area contributed by atoms with Crippen LogP contribution in [0, 0.1) is 0 Å². The molecule has 1 heterocycles. The SMILES string of the molecule is COc1ccc(-c2nc(N)nc3ccc(-c4cc(OC)c(OC)c(OC)c4)cc23)cc1OC. The van der Waals surface area contributed by atoms with Crippen molar-refractivity contribution in [2.45, 2.75) is 0 Å². The highest BCUT2D eigenvalue weighted by atomic mass is 16.5. The summed E-state index contributed by atoms with van der Waals surface area (Å²) in [5.74, 6) is 3.09. The molecule has 0 saturated carbocycles. The Labute approximate surface area is 191 Å². The van der Waals surface area contributed by atoms with Gasteiger partial charge in [-0.2, -0.15) is 0 Å². The summed E-state index contributed by atoms with van der Waals surface area (Å²) in [4.78, 5) is 8.94. The second-order valence-corrected chi connectivity index (χ2v) is 7.15. The lowest BCUT2D eigenvalue weighted by molar-refractivity contribution is 0.324. The molecule has 0 aliphatic rings. The Morgan fingerprint density at radius 1 is 0.576 bits per heavy atom. The van der Waals surface area contributed by atoms with Crippen molar-refractivity contribution in [2.75, 3.05) is 41.3 Å². The van der Waals surface area contributed by atoms with Crippen LogP contribution in [0.5, 0.6) is 28.7 Å². The zero-order valence-corrected chi connectivity index (χ0v) is 19.1. The number of ether oxygens (including phenoxy) is 5. The van der Waals surface area contributed by atoms with E-state index in [-0.39, 0.29) is 5.95 Å². The molecular weight excluding hydrogens is 422 g/mol. The molecule has 1 aromatic heterocycles. The molecule has 0 fully saturated rings. The van der Waals surface area contributed by atoms with E-state index in [1.54, 1.807) is 35.5 Å². The summed E-state index contributed by atoms with van der Waals surface area (Å²) >= 11 is 0. The van der Waals surface area contributed by atoms with Crippen molar-refractivity contribution < 1.29 is 23.7 Å². The Bertz CT molecular complexity index is 1300. The van der Waals surface area contributed by atoms with Crippen LogP contribution in [-0.4, -0.2) is 45.5 Å². The zero-order valence-electron chi connectivity index (χ0n) is 19.1. The number of aromatic nitrogens is 2. The molecule has 4 rings (SSSR count). The van der Waals surface area contributed by atoms with Crippen LogP contribution in [0.1, 0.15) is 0 Å². The van der Waals surface area contributed by atoms with Gasteiger partial charge in [-0.25, -0.2) is 9.97 Å². The first-order valence-corrected chi connectivity index (χ1v) is 10.1. The summed E-state index contributed by atoms with van der Waals surface area (Å²) < 4.78 is 27.3. The molecule has 8 heteroatoms. The van der Waals surface area contributed by atoms with Gasteiger partial charge in [-0.1, -0.05) is 6.07 Å². The molecule has 0 aliphatic heterocycles. The van der Waals surface area contributed by atoms with Gasteiger partial charge in [0.05, 0.1) is 46.8 Å². The van der Waals surface area contributed by atoms with Gasteiger partial charge in [0.15, 0.2) is 23.0 Å². The van der Waals surface area contributed by atoms with Crippen LogP contribution in [-0.2, 0) is 0 Å². The Kier molecular flexibility index (Phi) is 6.08. The number of nitrogen functional groups attached to an aromatic ring is 1. The number of rotatable bonds is 7. The maximum Gasteiger partial charge on any atom is 0.221 e. The minimum absolute atomic E-state index is 0.188. The summed E-state index contributed by atoms with van der Waals surface area (Å²) in [6.45, 7) is 0. The number of nitrogens with zero attached hydrogens (tertiary/aromatic N) is 2. The highest BCUT2D eigenvalue weighted by Crippen LogP contribution is 2.42. The molecule has 0 bridgehead atoms. The topological polar surface area (TPSA) is 98.0 Å². The van der Waals surface area contributed by atoms with Crippen molar-refractivity contribution in [2.24, 2.45) is 0 Å². The number of benzene rings is 3. The second kappa shape index (κ2) is 9.12. The normalized spacial score (nSPS) is 10.7. The van der Waals surface area contributed by atoms with Crippen LogP contribution in [0.4, 0.5) is 5.95 Å². The summed E-state index contributed by atoms with van der Waals surface area (Å²) in [5, 5.41) is 0.836. The first-order chi connectivity index (χ1) is 16.0. The molecule has 0 spiro atoms. The first kappa shape index (κ1) is 22.0. The third-order valence-electron chi connectivity index (χ3n) is 5.37. The molecule has 170 valence electrons. The lowest BCUT2D eigenvalue weighted by Crippen LogP contribution is -1.99.